The summed E-state index contributed by atoms with van der Waals surface area (Å²) < 4.78 is 0. The first-order chi connectivity index (χ1) is 8.45. The van der Waals surface area contributed by atoms with E-state index in [0.717, 1.165) is 0 Å². The quantitative estimate of drug-likeness (QED) is 0.665. The minimum atomic E-state index is 1.19. The molecule has 0 radical (unpaired) electrons. The number of pyridine rings is 1. The molecule has 17 heavy (non-hydrogen) atoms. The topological polar surface area (TPSA) is 12.9 Å². The summed E-state index contributed by atoms with van der Waals surface area (Å²) in [6, 6.07) is 12.8. The molecule has 0 saturated carbocycles. The summed E-state index contributed by atoms with van der Waals surface area (Å²) in [4.78, 5) is 4.60. The maximum atomic E-state index is 4.60. The molecule has 3 rings (SSSR count). The number of nitrogens with zero attached hydrogens (tertiary/aromatic N) is 1. The number of rotatable bonds is 1. The molecular formula is C16H17N. The van der Waals surface area contributed by atoms with Crippen molar-refractivity contribution >= 4 is 0 Å². The third-order valence-corrected chi connectivity index (χ3v) is 3.57. The Morgan fingerprint density at radius 2 is 1.65 bits per heavy atom. The number of benzene rings is 1. The van der Waals surface area contributed by atoms with Crippen molar-refractivity contribution in [1.29, 1.82) is 0 Å². The van der Waals surface area contributed by atoms with Gasteiger partial charge < -0.3 is 0 Å². The highest BCUT2D eigenvalue weighted by molar-refractivity contribution is 5.64. The van der Waals surface area contributed by atoms with Crippen LogP contribution in [0.3, 0.4) is 0 Å². The molecule has 1 aromatic carbocycles. The van der Waals surface area contributed by atoms with Gasteiger partial charge in [0.05, 0.1) is 5.69 Å². The summed E-state index contributed by atoms with van der Waals surface area (Å²) >= 11 is 0. The normalized spacial score (nSPS) is 15.1. The lowest BCUT2D eigenvalue weighted by molar-refractivity contribution is 0.712. The second-order valence-electron chi connectivity index (χ2n) is 4.72. The zero-order valence-corrected chi connectivity index (χ0v) is 10.0. The van der Waals surface area contributed by atoms with Crippen molar-refractivity contribution in [3.8, 4) is 11.3 Å². The van der Waals surface area contributed by atoms with Crippen LogP contribution in [-0.2, 0) is 12.8 Å². The van der Waals surface area contributed by atoms with Gasteiger partial charge in [-0.2, -0.15) is 0 Å². The summed E-state index contributed by atoms with van der Waals surface area (Å²) in [5.41, 5.74) is 5.45. The fourth-order valence-electron chi connectivity index (χ4n) is 2.68. The number of hydrogen-bond acceptors (Lipinski definition) is 1. The van der Waals surface area contributed by atoms with Crippen LogP contribution in [0, 0.1) is 0 Å². The van der Waals surface area contributed by atoms with Crippen molar-refractivity contribution in [2.75, 3.05) is 0 Å². The summed E-state index contributed by atoms with van der Waals surface area (Å²) in [5.74, 6) is 0. The first-order valence-corrected chi connectivity index (χ1v) is 6.47. The van der Waals surface area contributed by atoms with Crippen molar-refractivity contribution in [3.63, 3.8) is 0 Å². The summed E-state index contributed by atoms with van der Waals surface area (Å²) in [6.45, 7) is 0. The van der Waals surface area contributed by atoms with E-state index in [1.807, 2.05) is 6.20 Å². The van der Waals surface area contributed by atoms with Gasteiger partial charge in [-0.3, -0.25) is 4.98 Å². The van der Waals surface area contributed by atoms with Gasteiger partial charge in [-0.15, -0.1) is 0 Å². The summed E-state index contributed by atoms with van der Waals surface area (Å²) in [6.07, 6.45) is 8.35. The molecule has 0 N–H and O–H groups in total. The Morgan fingerprint density at radius 3 is 2.53 bits per heavy atom. The SMILES string of the molecule is c1ccc(-c2nccc3c2CCCCC3)cc1. The van der Waals surface area contributed by atoms with Gasteiger partial charge in [-0.25, -0.2) is 0 Å². The van der Waals surface area contributed by atoms with Gasteiger partial charge in [0.15, 0.2) is 0 Å². The Morgan fingerprint density at radius 1 is 0.824 bits per heavy atom. The molecule has 1 aliphatic carbocycles. The zero-order chi connectivity index (χ0) is 11.5. The molecule has 0 spiro atoms. The highest BCUT2D eigenvalue weighted by Crippen LogP contribution is 2.28. The van der Waals surface area contributed by atoms with Gasteiger partial charge in [-0.05, 0) is 42.9 Å². The van der Waals surface area contributed by atoms with Crippen LogP contribution >= 0.6 is 0 Å². The van der Waals surface area contributed by atoms with Gasteiger partial charge in [0.2, 0.25) is 0 Å². The first-order valence-electron chi connectivity index (χ1n) is 6.47. The monoisotopic (exact) mass is 223 g/mol. The Bertz CT molecular complexity index is 502. The van der Waals surface area contributed by atoms with Crippen molar-refractivity contribution in [3.05, 3.63) is 53.7 Å². The number of aromatic nitrogens is 1. The lowest BCUT2D eigenvalue weighted by atomic mass is 9.98. The van der Waals surface area contributed by atoms with Gasteiger partial charge in [0.25, 0.3) is 0 Å². The highest BCUT2D eigenvalue weighted by atomic mass is 14.7. The molecule has 0 atom stereocenters. The molecule has 1 nitrogen and oxygen atoms in total. The van der Waals surface area contributed by atoms with E-state index in [9.17, 15) is 0 Å². The maximum Gasteiger partial charge on any atom is 0.0736 e. The van der Waals surface area contributed by atoms with Gasteiger partial charge in [-0.1, -0.05) is 36.8 Å². The van der Waals surface area contributed by atoms with Crippen LogP contribution in [0.15, 0.2) is 42.6 Å². The van der Waals surface area contributed by atoms with Crippen molar-refractivity contribution in [2.24, 2.45) is 0 Å². The van der Waals surface area contributed by atoms with Gasteiger partial charge in [0.1, 0.15) is 0 Å². The summed E-state index contributed by atoms with van der Waals surface area (Å²) in [5, 5.41) is 0. The van der Waals surface area contributed by atoms with Crippen LogP contribution < -0.4 is 0 Å². The molecule has 1 heterocycles. The van der Waals surface area contributed by atoms with Crippen LogP contribution in [0.25, 0.3) is 11.3 Å². The number of aryl methyl sites for hydroxylation is 1. The largest absolute Gasteiger partial charge is 0.256 e. The molecule has 1 aliphatic rings. The Hall–Kier alpha value is -1.63. The van der Waals surface area contributed by atoms with Crippen LogP contribution in [-0.4, -0.2) is 4.98 Å². The second kappa shape index (κ2) is 4.70. The standard InChI is InChI=1S/C16H17N/c1-4-8-14(9-5-1)16-15-10-6-2-3-7-13(15)11-12-17-16/h1,4-5,8-9,11-12H,2-3,6-7,10H2. The predicted molar refractivity (Wildman–Crippen MR) is 70.9 cm³/mol. The molecule has 0 bridgehead atoms. The molecule has 1 aromatic heterocycles. The van der Waals surface area contributed by atoms with Crippen molar-refractivity contribution in [2.45, 2.75) is 32.1 Å². The van der Waals surface area contributed by atoms with E-state index in [0.29, 0.717) is 0 Å². The Labute approximate surface area is 103 Å². The number of fused-ring (bicyclic) bond motifs is 1. The van der Waals surface area contributed by atoms with E-state index in [1.54, 1.807) is 0 Å². The predicted octanol–water partition coefficient (Wildman–Crippen LogP) is 4.02. The molecule has 0 fully saturated rings. The van der Waals surface area contributed by atoms with Crippen LogP contribution in [0.2, 0.25) is 0 Å². The molecule has 0 amide bonds. The van der Waals surface area contributed by atoms with E-state index in [2.05, 4.69) is 41.4 Å². The lowest BCUT2D eigenvalue weighted by Gasteiger charge is -2.11. The fourth-order valence-corrected chi connectivity index (χ4v) is 2.68. The van der Waals surface area contributed by atoms with Gasteiger partial charge in [0, 0.05) is 11.8 Å². The van der Waals surface area contributed by atoms with Crippen molar-refractivity contribution < 1.29 is 0 Å². The van der Waals surface area contributed by atoms with E-state index in [-0.39, 0.29) is 0 Å². The molecule has 86 valence electrons. The Kier molecular flexibility index (Phi) is 2.91. The average molecular weight is 223 g/mol. The van der Waals surface area contributed by atoms with E-state index in [4.69, 9.17) is 0 Å². The van der Waals surface area contributed by atoms with E-state index >= 15 is 0 Å². The van der Waals surface area contributed by atoms with Gasteiger partial charge >= 0.3 is 0 Å². The minimum absolute atomic E-state index is 1.19. The molecule has 2 aromatic rings. The second-order valence-corrected chi connectivity index (χ2v) is 4.72. The molecule has 0 unspecified atom stereocenters. The molecule has 0 saturated heterocycles. The third-order valence-electron chi connectivity index (χ3n) is 3.57. The Balaban J connectivity index is 2.11. The average Bonchev–Trinajstić information content (AvgIpc) is 2.64. The lowest BCUT2D eigenvalue weighted by Crippen LogP contribution is -1.97. The minimum Gasteiger partial charge on any atom is -0.256 e. The maximum absolute atomic E-state index is 4.60. The molecular weight excluding hydrogens is 206 g/mol. The van der Waals surface area contributed by atoms with E-state index < -0.39 is 0 Å². The molecule has 1 heteroatoms. The fraction of sp³-hybridized carbons (Fsp3) is 0.312. The van der Waals surface area contributed by atoms with E-state index in [1.165, 1.54) is 54.5 Å². The summed E-state index contributed by atoms with van der Waals surface area (Å²) in [7, 11) is 0. The molecule has 0 aliphatic heterocycles. The third kappa shape index (κ3) is 2.10. The van der Waals surface area contributed by atoms with Crippen LogP contribution in [0.4, 0.5) is 0 Å². The van der Waals surface area contributed by atoms with Crippen LogP contribution in [0.5, 0.6) is 0 Å². The number of hydrogen-bond donors (Lipinski definition) is 0. The highest BCUT2D eigenvalue weighted by Gasteiger charge is 2.13. The first kappa shape index (κ1) is 10.5. The smallest absolute Gasteiger partial charge is 0.0736 e. The van der Waals surface area contributed by atoms with Crippen molar-refractivity contribution in [1.82, 2.24) is 4.98 Å². The zero-order valence-electron chi connectivity index (χ0n) is 10.0. The van der Waals surface area contributed by atoms with Crippen LogP contribution in [0.1, 0.15) is 30.4 Å².